The molecule has 17 heavy (non-hydrogen) atoms. The van der Waals surface area contributed by atoms with Gasteiger partial charge in [-0.25, -0.2) is 4.79 Å². The van der Waals surface area contributed by atoms with Gasteiger partial charge in [-0.2, -0.15) is 0 Å². The molecular formula is C10H22NO5P. The number of nitrogens with two attached hydrogens (primary N) is 1. The van der Waals surface area contributed by atoms with Gasteiger partial charge in [0.15, 0.2) is 0 Å². The number of carbonyl (C=O) groups excluding carboxylic acids is 1. The van der Waals surface area contributed by atoms with Crippen LogP contribution in [-0.4, -0.2) is 24.3 Å². The summed E-state index contributed by atoms with van der Waals surface area (Å²) in [6.45, 7) is 8.41. The fourth-order valence-corrected chi connectivity index (χ4v) is 1.70. The number of rotatable bonds is 5. The normalized spacial score (nSPS) is 15.5. The molecule has 0 aromatic rings. The molecule has 0 bridgehead atoms. The molecule has 7 heteroatoms. The molecule has 0 radical (unpaired) electrons. The summed E-state index contributed by atoms with van der Waals surface area (Å²) >= 11 is 0. The van der Waals surface area contributed by atoms with Gasteiger partial charge in [-0.15, -0.1) is 0 Å². The van der Waals surface area contributed by atoms with Crippen LogP contribution in [0, 0.1) is 5.92 Å². The molecule has 0 spiro atoms. The quantitative estimate of drug-likeness (QED) is 0.467. The summed E-state index contributed by atoms with van der Waals surface area (Å²) in [5.74, 6) is -0.495. The third kappa shape index (κ3) is 8.18. The van der Waals surface area contributed by atoms with Gasteiger partial charge in [0.25, 0.3) is 0 Å². The molecule has 0 saturated carbocycles. The maximum absolute atomic E-state index is 11.5. The maximum atomic E-state index is 11.5. The minimum Gasteiger partial charge on any atom is -0.429 e. The van der Waals surface area contributed by atoms with E-state index >= 15 is 0 Å². The Bertz CT molecular complexity index is 274. The van der Waals surface area contributed by atoms with Crippen LogP contribution in [0.1, 0.15) is 34.6 Å². The predicted octanol–water partition coefficient (Wildman–Crippen LogP) is 2.33. The molecule has 102 valence electrons. The molecule has 0 aliphatic heterocycles. The molecule has 0 aromatic heterocycles. The van der Waals surface area contributed by atoms with E-state index in [0.717, 1.165) is 0 Å². The Morgan fingerprint density at radius 1 is 1.35 bits per heavy atom. The average molecular weight is 267 g/mol. The van der Waals surface area contributed by atoms with Crippen LogP contribution in [0.15, 0.2) is 0 Å². The SMILES string of the molecule is CC(C)C(N)[PH](=O)OCOC(=O)OC(C)(C)C. The van der Waals surface area contributed by atoms with Gasteiger partial charge in [0.05, 0.1) is 5.78 Å². The van der Waals surface area contributed by atoms with E-state index in [1.165, 1.54) is 0 Å². The number of hydrogen-bond acceptors (Lipinski definition) is 6. The van der Waals surface area contributed by atoms with Crippen molar-refractivity contribution in [2.45, 2.75) is 46.0 Å². The summed E-state index contributed by atoms with van der Waals surface area (Å²) in [5.41, 5.74) is 4.99. The Balaban J connectivity index is 3.85. The molecule has 2 N–H and O–H groups in total. The monoisotopic (exact) mass is 267 g/mol. The topological polar surface area (TPSA) is 87.9 Å². The van der Waals surface area contributed by atoms with Crippen molar-refractivity contribution < 1.29 is 23.4 Å². The number of carbonyl (C=O) groups is 1. The Morgan fingerprint density at radius 2 is 1.88 bits per heavy atom. The molecule has 0 rings (SSSR count). The summed E-state index contributed by atoms with van der Waals surface area (Å²) < 4.78 is 25.8. The molecule has 0 aromatic carbocycles. The molecule has 2 atom stereocenters. The third-order valence-electron chi connectivity index (χ3n) is 1.76. The molecular weight excluding hydrogens is 245 g/mol. The van der Waals surface area contributed by atoms with E-state index in [9.17, 15) is 9.36 Å². The van der Waals surface area contributed by atoms with Crippen LogP contribution in [-0.2, 0) is 18.6 Å². The van der Waals surface area contributed by atoms with Gasteiger partial charge in [-0.05, 0) is 26.7 Å². The molecule has 0 heterocycles. The zero-order chi connectivity index (χ0) is 13.6. The molecule has 6 nitrogen and oxygen atoms in total. The van der Waals surface area contributed by atoms with Gasteiger partial charge in [-0.1, -0.05) is 13.8 Å². The van der Waals surface area contributed by atoms with Gasteiger partial charge in [0, 0.05) is 0 Å². The molecule has 2 unspecified atom stereocenters. The van der Waals surface area contributed by atoms with Gasteiger partial charge in [0.1, 0.15) is 5.60 Å². The molecule has 0 saturated heterocycles. The third-order valence-corrected chi connectivity index (χ3v) is 3.37. The van der Waals surface area contributed by atoms with Gasteiger partial charge >= 0.3 is 6.16 Å². The lowest BCUT2D eigenvalue weighted by Crippen LogP contribution is -2.25. The molecule has 0 aliphatic carbocycles. The van der Waals surface area contributed by atoms with Crippen LogP contribution in [0.2, 0.25) is 0 Å². The molecule has 0 amide bonds. The van der Waals surface area contributed by atoms with E-state index in [1.807, 2.05) is 13.8 Å². The first-order valence-electron chi connectivity index (χ1n) is 5.41. The van der Waals surface area contributed by atoms with Crippen molar-refractivity contribution in [3.8, 4) is 0 Å². The fourth-order valence-electron chi connectivity index (χ4n) is 0.784. The van der Waals surface area contributed by atoms with Gasteiger partial charge in [0.2, 0.25) is 14.8 Å². The Labute approximate surface area is 103 Å². The summed E-state index contributed by atoms with van der Waals surface area (Å²) in [7, 11) is -2.41. The Kier molecular flexibility index (Phi) is 6.75. The van der Waals surface area contributed by atoms with E-state index < -0.39 is 32.4 Å². The highest BCUT2D eigenvalue weighted by atomic mass is 31.1. The lowest BCUT2D eigenvalue weighted by atomic mass is 10.2. The standard InChI is InChI=1S/C10H22NO5P/c1-7(2)8(11)17(13)15-6-14-9(12)16-10(3,4)5/h7-8,17H,6,11H2,1-5H3. The van der Waals surface area contributed by atoms with Crippen molar-refractivity contribution in [1.29, 1.82) is 0 Å². The van der Waals surface area contributed by atoms with Crippen LogP contribution in [0.5, 0.6) is 0 Å². The second-order valence-electron chi connectivity index (χ2n) is 4.96. The highest BCUT2D eigenvalue weighted by molar-refractivity contribution is 7.39. The maximum Gasteiger partial charge on any atom is 0.510 e. The van der Waals surface area contributed by atoms with Crippen molar-refractivity contribution in [1.82, 2.24) is 0 Å². The van der Waals surface area contributed by atoms with E-state index in [0.29, 0.717) is 0 Å². The lowest BCUT2D eigenvalue weighted by molar-refractivity contribution is -0.0347. The van der Waals surface area contributed by atoms with Crippen LogP contribution in [0.4, 0.5) is 4.79 Å². The summed E-state index contributed by atoms with van der Waals surface area (Å²) in [5, 5.41) is 0. The predicted molar refractivity (Wildman–Crippen MR) is 65.1 cm³/mol. The minimum atomic E-state index is -2.41. The van der Waals surface area contributed by atoms with Crippen LogP contribution >= 0.6 is 8.03 Å². The number of hydrogen-bond donors (Lipinski definition) is 1. The van der Waals surface area contributed by atoms with Crippen LogP contribution in [0.25, 0.3) is 0 Å². The summed E-state index contributed by atoms with van der Waals surface area (Å²) in [6, 6.07) is 0. The van der Waals surface area contributed by atoms with Crippen LogP contribution in [0.3, 0.4) is 0 Å². The van der Waals surface area contributed by atoms with E-state index in [2.05, 4.69) is 4.74 Å². The minimum absolute atomic E-state index is 0.0444. The van der Waals surface area contributed by atoms with Crippen molar-refractivity contribution >= 4 is 14.2 Å². The first kappa shape index (κ1) is 16.4. The van der Waals surface area contributed by atoms with Crippen molar-refractivity contribution in [3.63, 3.8) is 0 Å². The Morgan fingerprint density at radius 3 is 2.29 bits per heavy atom. The zero-order valence-electron chi connectivity index (χ0n) is 11.0. The largest absolute Gasteiger partial charge is 0.510 e. The lowest BCUT2D eigenvalue weighted by Gasteiger charge is -2.19. The fraction of sp³-hybridized carbons (Fsp3) is 0.900. The second-order valence-corrected chi connectivity index (χ2v) is 6.55. The van der Waals surface area contributed by atoms with Crippen LogP contribution < -0.4 is 5.73 Å². The van der Waals surface area contributed by atoms with Crippen molar-refractivity contribution in [2.75, 3.05) is 6.79 Å². The van der Waals surface area contributed by atoms with E-state index in [-0.39, 0.29) is 5.92 Å². The molecule has 0 aliphatic rings. The zero-order valence-corrected chi connectivity index (χ0v) is 12.0. The second kappa shape index (κ2) is 6.99. The average Bonchev–Trinajstić information content (AvgIpc) is 2.13. The first-order chi connectivity index (χ1) is 7.63. The molecule has 0 fully saturated rings. The first-order valence-corrected chi connectivity index (χ1v) is 6.81. The highest BCUT2D eigenvalue weighted by Gasteiger charge is 2.19. The smallest absolute Gasteiger partial charge is 0.429 e. The number of ether oxygens (including phenoxy) is 2. The van der Waals surface area contributed by atoms with Gasteiger partial charge in [-0.3, -0.25) is 9.09 Å². The summed E-state index contributed by atoms with van der Waals surface area (Å²) in [4.78, 5) is 11.1. The van der Waals surface area contributed by atoms with Crippen molar-refractivity contribution in [2.24, 2.45) is 11.7 Å². The highest BCUT2D eigenvalue weighted by Crippen LogP contribution is 2.30. The van der Waals surface area contributed by atoms with Crippen molar-refractivity contribution in [3.05, 3.63) is 0 Å². The van der Waals surface area contributed by atoms with E-state index in [1.54, 1.807) is 20.8 Å². The van der Waals surface area contributed by atoms with Gasteiger partial charge < -0.3 is 15.2 Å². The Hall–Kier alpha value is -0.580. The summed E-state index contributed by atoms with van der Waals surface area (Å²) in [6.07, 6.45) is -0.856. The van der Waals surface area contributed by atoms with E-state index in [4.69, 9.17) is 15.0 Å².